The molecule has 0 radical (unpaired) electrons. The normalized spacial score (nSPS) is 15.9. The van der Waals surface area contributed by atoms with Crippen LogP contribution in [0.25, 0.3) is 0 Å². The molecular formula is C13H19ClN4O2. The molecule has 1 aromatic rings. The molecule has 0 atom stereocenters. The second-order valence-corrected chi connectivity index (χ2v) is 4.91. The van der Waals surface area contributed by atoms with Gasteiger partial charge in [-0.25, -0.2) is 4.98 Å². The maximum Gasteiger partial charge on any atom is 0.251 e. The standard InChI is InChI=1S/C13H19ClN4O2/c1-15-12-9-10(8-11(14)17-12)13(19)16-2-3-18-4-6-20-7-5-18/h8-9H,2-7H2,1H3,(H,15,17)(H,16,19). The number of carbonyl (C=O) groups is 1. The van der Waals surface area contributed by atoms with Crippen LogP contribution in [0, 0.1) is 0 Å². The van der Waals surface area contributed by atoms with Crippen LogP contribution >= 0.6 is 11.6 Å². The van der Waals surface area contributed by atoms with Gasteiger partial charge in [0.05, 0.1) is 13.2 Å². The Kier molecular flexibility index (Phi) is 5.58. The number of anilines is 1. The molecule has 1 aliphatic rings. The van der Waals surface area contributed by atoms with Crippen LogP contribution in [0.1, 0.15) is 10.4 Å². The molecule has 0 bridgehead atoms. The van der Waals surface area contributed by atoms with Crippen molar-refractivity contribution in [3.8, 4) is 0 Å². The van der Waals surface area contributed by atoms with Crippen molar-refractivity contribution in [1.29, 1.82) is 0 Å². The summed E-state index contributed by atoms with van der Waals surface area (Å²) in [4.78, 5) is 18.3. The summed E-state index contributed by atoms with van der Waals surface area (Å²) in [5.41, 5.74) is 0.510. The van der Waals surface area contributed by atoms with Crippen molar-refractivity contribution in [2.75, 3.05) is 51.8 Å². The molecule has 1 aliphatic heterocycles. The third-order valence-corrected chi connectivity index (χ3v) is 3.32. The Hall–Kier alpha value is -1.37. The molecule has 0 spiro atoms. The van der Waals surface area contributed by atoms with Crippen LogP contribution < -0.4 is 10.6 Å². The first-order valence-electron chi connectivity index (χ1n) is 6.62. The first kappa shape index (κ1) is 15.0. The lowest BCUT2D eigenvalue weighted by Crippen LogP contribution is -2.41. The van der Waals surface area contributed by atoms with Crippen LogP contribution in [0.2, 0.25) is 5.15 Å². The van der Waals surface area contributed by atoms with Crippen molar-refractivity contribution in [3.05, 3.63) is 22.8 Å². The van der Waals surface area contributed by atoms with Crippen molar-refractivity contribution in [3.63, 3.8) is 0 Å². The average Bonchev–Trinajstić information content (AvgIpc) is 2.47. The zero-order valence-corrected chi connectivity index (χ0v) is 12.2. The van der Waals surface area contributed by atoms with E-state index in [-0.39, 0.29) is 5.91 Å². The van der Waals surface area contributed by atoms with Gasteiger partial charge in [0.2, 0.25) is 0 Å². The molecule has 1 saturated heterocycles. The Balaban J connectivity index is 1.83. The minimum absolute atomic E-state index is 0.140. The van der Waals surface area contributed by atoms with Gasteiger partial charge in [0.25, 0.3) is 5.91 Å². The number of halogens is 1. The number of ether oxygens (including phenoxy) is 1. The highest BCUT2D eigenvalue weighted by Gasteiger charge is 2.12. The number of nitrogens with one attached hydrogen (secondary N) is 2. The zero-order valence-electron chi connectivity index (χ0n) is 11.5. The lowest BCUT2D eigenvalue weighted by atomic mass is 10.2. The molecule has 0 saturated carbocycles. The second kappa shape index (κ2) is 7.42. The number of aromatic nitrogens is 1. The smallest absolute Gasteiger partial charge is 0.251 e. The van der Waals surface area contributed by atoms with Crippen LogP contribution in [0.4, 0.5) is 5.82 Å². The molecule has 110 valence electrons. The molecular weight excluding hydrogens is 280 g/mol. The summed E-state index contributed by atoms with van der Waals surface area (Å²) >= 11 is 5.88. The molecule has 0 aliphatic carbocycles. The molecule has 2 heterocycles. The predicted octanol–water partition coefficient (Wildman–Crippen LogP) is 0.839. The summed E-state index contributed by atoms with van der Waals surface area (Å²) in [6, 6.07) is 3.24. The summed E-state index contributed by atoms with van der Waals surface area (Å²) in [6.07, 6.45) is 0. The maximum absolute atomic E-state index is 12.0. The topological polar surface area (TPSA) is 66.5 Å². The van der Waals surface area contributed by atoms with E-state index in [0.29, 0.717) is 23.1 Å². The molecule has 6 nitrogen and oxygen atoms in total. The highest BCUT2D eigenvalue weighted by molar-refractivity contribution is 6.29. The molecule has 2 rings (SSSR count). The van der Waals surface area contributed by atoms with Gasteiger partial charge in [-0.05, 0) is 12.1 Å². The molecule has 1 fully saturated rings. The number of rotatable bonds is 5. The van der Waals surface area contributed by atoms with E-state index in [1.165, 1.54) is 0 Å². The van der Waals surface area contributed by atoms with Gasteiger partial charge in [-0.3, -0.25) is 9.69 Å². The fourth-order valence-corrected chi connectivity index (χ4v) is 2.22. The lowest BCUT2D eigenvalue weighted by molar-refractivity contribution is 0.0383. The summed E-state index contributed by atoms with van der Waals surface area (Å²) in [6.45, 7) is 4.79. The summed E-state index contributed by atoms with van der Waals surface area (Å²) in [7, 11) is 1.73. The zero-order chi connectivity index (χ0) is 14.4. The SMILES string of the molecule is CNc1cc(C(=O)NCCN2CCOCC2)cc(Cl)n1. The third-order valence-electron chi connectivity index (χ3n) is 3.13. The van der Waals surface area contributed by atoms with E-state index < -0.39 is 0 Å². The minimum Gasteiger partial charge on any atom is -0.379 e. The van der Waals surface area contributed by atoms with E-state index in [9.17, 15) is 4.79 Å². The number of carbonyl (C=O) groups excluding carboxylic acids is 1. The van der Waals surface area contributed by atoms with E-state index in [2.05, 4.69) is 20.5 Å². The van der Waals surface area contributed by atoms with Gasteiger partial charge in [0, 0.05) is 38.8 Å². The van der Waals surface area contributed by atoms with Crippen LogP contribution in [0.3, 0.4) is 0 Å². The monoisotopic (exact) mass is 298 g/mol. The van der Waals surface area contributed by atoms with Crippen LogP contribution in [0.5, 0.6) is 0 Å². The Labute approximate surface area is 123 Å². The quantitative estimate of drug-likeness (QED) is 0.789. The first-order chi connectivity index (χ1) is 9.69. The number of nitrogens with zero attached hydrogens (tertiary/aromatic N) is 2. The fourth-order valence-electron chi connectivity index (χ4n) is 2.01. The predicted molar refractivity (Wildman–Crippen MR) is 78.4 cm³/mol. The average molecular weight is 299 g/mol. The third kappa shape index (κ3) is 4.33. The second-order valence-electron chi connectivity index (χ2n) is 4.52. The van der Waals surface area contributed by atoms with Gasteiger partial charge in [0.15, 0.2) is 0 Å². The number of pyridine rings is 1. The molecule has 0 aromatic carbocycles. The van der Waals surface area contributed by atoms with E-state index >= 15 is 0 Å². The van der Waals surface area contributed by atoms with Gasteiger partial charge in [-0.1, -0.05) is 11.6 Å². The Bertz CT molecular complexity index is 464. The first-order valence-corrected chi connectivity index (χ1v) is 7.00. The molecule has 20 heavy (non-hydrogen) atoms. The Morgan fingerprint density at radius 2 is 2.20 bits per heavy atom. The number of amides is 1. The van der Waals surface area contributed by atoms with Gasteiger partial charge in [-0.15, -0.1) is 0 Å². The van der Waals surface area contributed by atoms with Crippen molar-refractivity contribution in [1.82, 2.24) is 15.2 Å². The van der Waals surface area contributed by atoms with Crippen molar-refractivity contribution >= 4 is 23.3 Å². The highest BCUT2D eigenvalue weighted by Crippen LogP contribution is 2.13. The lowest BCUT2D eigenvalue weighted by Gasteiger charge is -2.26. The molecule has 0 unspecified atom stereocenters. The van der Waals surface area contributed by atoms with E-state index in [4.69, 9.17) is 16.3 Å². The number of morpholine rings is 1. The van der Waals surface area contributed by atoms with Gasteiger partial charge >= 0.3 is 0 Å². The van der Waals surface area contributed by atoms with Crippen molar-refractivity contribution < 1.29 is 9.53 Å². The van der Waals surface area contributed by atoms with Crippen LogP contribution in [-0.4, -0.2) is 62.2 Å². The van der Waals surface area contributed by atoms with Gasteiger partial charge in [-0.2, -0.15) is 0 Å². The summed E-state index contributed by atoms with van der Waals surface area (Å²) in [5.74, 6) is 0.440. The summed E-state index contributed by atoms with van der Waals surface area (Å²) in [5, 5.41) is 6.06. The van der Waals surface area contributed by atoms with Crippen molar-refractivity contribution in [2.24, 2.45) is 0 Å². The van der Waals surface area contributed by atoms with Crippen LogP contribution in [0.15, 0.2) is 12.1 Å². The molecule has 1 amide bonds. The molecule has 1 aromatic heterocycles. The number of hydrogen-bond acceptors (Lipinski definition) is 5. The van der Waals surface area contributed by atoms with E-state index in [1.807, 2.05) is 0 Å². The Morgan fingerprint density at radius 3 is 2.90 bits per heavy atom. The van der Waals surface area contributed by atoms with Crippen LogP contribution in [-0.2, 0) is 4.74 Å². The highest BCUT2D eigenvalue weighted by atomic mass is 35.5. The summed E-state index contributed by atoms with van der Waals surface area (Å²) < 4.78 is 5.28. The maximum atomic E-state index is 12.0. The largest absolute Gasteiger partial charge is 0.379 e. The fraction of sp³-hybridized carbons (Fsp3) is 0.538. The molecule has 7 heteroatoms. The van der Waals surface area contributed by atoms with Gasteiger partial charge < -0.3 is 15.4 Å². The Morgan fingerprint density at radius 1 is 1.45 bits per heavy atom. The number of hydrogen-bond donors (Lipinski definition) is 2. The minimum atomic E-state index is -0.140. The van der Waals surface area contributed by atoms with Gasteiger partial charge in [0.1, 0.15) is 11.0 Å². The van der Waals surface area contributed by atoms with Crippen molar-refractivity contribution in [2.45, 2.75) is 0 Å². The van der Waals surface area contributed by atoms with E-state index in [0.717, 1.165) is 32.8 Å². The van der Waals surface area contributed by atoms with E-state index in [1.54, 1.807) is 19.2 Å². The molecule has 2 N–H and O–H groups in total.